The topological polar surface area (TPSA) is 104 Å². The predicted octanol–water partition coefficient (Wildman–Crippen LogP) is 3.16. The van der Waals surface area contributed by atoms with Crippen molar-refractivity contribution in [1.29, 1.82) is 5.26 Å². The maximum atomic E-state index is 12.0. The highest BCUT2D eigenvalue weighted by atomic mass is 16.3. The Morgan fingerprint density at radius 1 is 1.12 bits per heavy atom. The van der Waals surface area contributed by atoms with Gasteiger partial charge in [-0.25, -0.2) is 5.43 Å². The van der Waals surface area contributed by atoms with E-state index < -0.39 is 5.91 Å². The average Bonchev–Trinajstić information content (AvgIpc) is 3.10. The number of benzene rings is 2. The standard InChI is InChI=1S/C19H14N4O2/c20-11-13-5-1-2-6-15(13)18-10-9-14(25-18)12-22-23-19(24)16-7-3-4-8-17(16)21/h1-10,12H,21H2,(H,23,24). The van der Waals surface area contributed by atoms with Gasteiger partial charge in [0.05, 0.1) is 23.4 Å². The number of rotatable bonds is 4. The van der Waals surface area contributed by atoms with Crippen molar-refractivity contribution in [2.45, 2.75) is 0 Å². The third-order valence-electron chi connectivity index (χ3n) is 3.50. The summed E-state index contributed by atoms with van der Waals surface area (Å²) >= 11 is 0. The van der Waals surface area contributed by atoms with Crippen LogP contribution in [0.15, 0.2) is 70.2 Å². The van der Waals surface area contributed by atoms with E-state index in [9.17, 15) is 4.79 Å². The number of nitrogens with two attached hydrogens (primary N) is 1. The highest BCUT2D eigenvalue weighted by Crippen LogP contribution is 2.24. The average molecular weight is 330 g/mol. The number of hydrazone groups is 1. The normalized spacial score (nSPS) is 10.5. The zero-order chi connectivity index (χ0) is 17.6. The van der Waals surface area contributed by atoms with Crippen molar-refractivity contribution < 1.29 is 9.21 Å². The van der Waals surface area contributed by atoms with Crippen LogP contribution >= 0.6 is 0 Å². The quantitative estimate of drug-likeness (QED) is 0.435. The molecule has 0 saturated carbocycles. The Morgan fingerprint density at radius 3 is 2.68 bits per heavy atom. The number of nitrogen functional groups attached to an aromatic ring is 1. The molecule has 1 aromatic heterocycles. The van der Waals surface area contributed by atoms with Gasteiger partial charge < -0.3 is 10.2 Å². The Balaban J connectivity index is 1.72. The highest BCUT2D eigenvalue weighted by Gasteiger charge is 2.09. The van der Waals surface area contributed by atoms with Crippen LogP contribution in [0.3, 0.4) is 0 Å². The van der Waals surface area contributed by atoms with Crippen molar-refractivity contribution in [2.24, 2.45) is 5.10 Å². The van der Waals surface area contributed by atoms with E-state index in [-0.39, 0.29) is 0 Å². The van der Waals surface area contributed by atoms with Crippen LogP contribution in [0.5, 0.6) is 0 Å². The number of nitrogens with one attached hydrogen (secondary N) is 1. The third kappa shape index (κ3) is 3.57. The Morgan fingerprint density at radius 2 is 1.88 bits per heavy atom. The fourth-order valence-corrected chi connectivity index (χ4v) is 2.28. The predicted molar refractivity (Wildman–Crippen MR) is 94.8 cm³/mol. The second-order valence-corrected chi connectivity index (χ2v) is 5.15. The maximum Gasteiger partial charge on any atom is 0.273 e. The summed E-state index contributed by atoms with van der Waals surface area (Å²) in [6, 6.07) is 19.4. The van der Waals surface area contributed by atoms with Crippen molar-refractivity contribution >= 4 is 17.8 Å². The van der Waals surface area contributed by atoms with Crippen molar-refractivity contribution in [3.63, 3.8) is 0 Å². The number of carbonyl (C=O) groups is 1. The molecule has 2 aromatic carbocycles. The van der Waals surface area contributed by atoms with Gasteiger partial charge in [-0.3, -0.25) is 4.79 Å². The molecule has 0 aliphatic carbocycles. The lowest BCUT2D eigenvalue weighted by atomic mass is 10.1. The number of hydrogen-bond donors (Lipinski definition) is 2. The molecular weight excluding hydrogens is 316 g/mol. The number of anilines is 1. The Hall–Kier alpha value is -3.85. The van der Waals surface area contributed by atoms with E-state index in [1.165, 1.54) is 6.21 Å². The van der Waals surface area contributed by atoms with Crippen LogP contribution in [-0.4, -0.2) is 12.1 Å². The van der Waals surface area contributed by atoms with Gasteiger partial charge in [0.1, 0.15) is 11.5 Å². The minimum Gasteiger partial charge on any atom is -0.455 e. The van der Waals surface area contributed by atoms with Gasteiger partial charge in [0.25, 0.3) is 5.91 Å². The zero-order valence-corrected chi connectivity index (χ0v) is 13.1. The number of carbonyl (C=O) groups excluding carboxylic acids is 1. The van der Waals surface area contributed by atoms with Gasteiger partial charge in [0, 0.05) is 11.3 Å². The molecule has 122 valence electrons. The van der Waals surface area contributed by atoms with Crippen LogP contribution in [0.2, 0.25) is 0 Å². The summed E-state index contributed by atoms with van der Waals surface area (Å²) in [5.41, 5.74) is 10.1. The molecule has 0 bridgehead atoms. The number of furan rings is 1. The minimum atomic E-state index is -0.407. The lowest BCUT2D eigenvalue weighted by Gasteiger charge is -2.02. The first-order valence-electron chi connectivity index (χ1n) is 7.46. The molecule has 0 aliphatic heterocycles. The molecule has 0 radical (unpaired) electrons. The lowest BCUT2D eigenvalue weighted by Crippen LogP contribution is -2.18. The Labute approximate surface area is 144 Å². The third-order valence-corrected chi connectivity index (χ3v) is 3.50. The molecule has 0 unspecified atom stereocenters. The smallest absolute Gasteiger partial charge is 0.273 e. The summed E-state index contributed by atoms with van der Waals surface area (Å²) in [6.45, 7) is 0. The second-order valence-electron chi connectivity index (χ2n) is 5.15. The number of para-hydroxylation sites is 1. The largest absolute Gasteiger partial charge is 0.455 e. The molecule has 0 aliphatic rings. The summed E-state index contributed by atoms with van der Waals surface area (Å²) in [4.78, 5) is 12.0. The van der Waals surface area contributed by atoms with Crippen LogP contribution < -0.4 is 11.2 Å². The van der Waals surface area contributed by atoms with E-state index in [4.69, 9.17) is 15.4 Å². The molecule has 0 atom stereocenters. The molecule has 0 saturated heterocycles. The molecule has 1 amide bonds. The van der Waals surface area contributed by atoms with Gasteiger partial charge in [0.15, 0.2) is 0 Å². The molecule has 3 N–H and O–H groups in total. The number of amides is 1. The highest BCUT2D eigenvalue weighted by molar-refractivity contribution is 5.99. The SMILES string of the molecule is N#Cc1ccccc1-c1ccc(C=NNC(=O)c2ccccc2N)o1. The summed E-state index contributed by atoms with van der Waals surface area (Å²) < 4.78 is 5.65. The van der Waals surface area contributed by atoms with Crippen molar-refractivity contribution in [3.8, 4) is 17.4 Å². The van der Waals surface area contributed by atoms with Gasteiger partial charge in [-0.15, -0.1) is 0 Å². The van der Waals surface area contributed by atoms with Crippen LogP contribution in [0.1, 0.15) is 21.7 Å². The molecule has 6 heteroatoms. The van der Waals surface area contributed by atoms with Gasteiger partial charge in [-0.1, -0.05) is 24.3 Å². The van der Waals surface area contributed by atoms with E-state index in [2.05, 4.69) is 16.6 Å². The van der Waals surface area contributed by atoms with Crippen LogP contribution in [0.25, 0.3) is 11.3 Å². The molecular formula is C19H14N4O2. The van der Waals surface area contributed by atoms with Crippen molar-refractivity contribution in [2.75, 3.05) is 5.73 Å². The van der Waals surface area contributed by atoms with E-state index in [0.717, 1.165) is 0 Å². The molecule has 6 nitrogen and oxygen atoms in total. The van der Waals surface area contributed by atoms with Gasteiger partial charge in [-0.2, -0.15) is 10.4 Å². The van der Waals surface area contributed by atoms with Crippen LogP contribution in [0, 0.1) is 11.3 Å². The maximum absolute atomic E-state index is 12.0. The van der Waals surface area contributed by atoms with Crippen molar-refractivity contribution in [3.05, 3.63) is 77.6 Å². The van der Waals surface area contributed by atoms with E-state index in [1.54, 1.807) is 54.6 Å². The van der Waals surface area contributed by atoms with Crippen LogP contribution in [-0.2, 0) is 0 Å². The van der Waals surface area contributed by atoms with E-state index >= 15 is 0 Å². The molecule has 3 rings (SSSR count). The molecule has 0 fully saturated rings. The molecule has 3 aromatic rings. The zero-order valence-electron chi connectivity index (χ0n) is 13.1. The van der Waals surface area contributed by atoms with Gasteiger partial charge >= 0.3 is 0 Å². The minimum absolute atomic E-state index is 0.350. The number of nitrogens with zero attached hydrogens (tertiary/aromatic N) is 2. The molecule has 25 heavy (non-hydrogen) atoms. The molecule has 0 spiro atoms. The van der Waals surface area contributed by atoms with Crippen molar-refractivity contribution in [1.82, 2.24) is 5.43 Å². The first-order valence-corrected chi connectivity index (χ1v) is 7.46. The number of nitriles is 1. The second kappa shape index (κ2) is 7.15. The monoisotopic (exact) mass is 330 g/mol. The fraction of sp³-hybridized carbons (Fsp3) is 0. The van der Waals surface area contributed by atoms with E-state index in [0.29, 0.717) is 33.9 Å². The lowest BCUT2D eigenvalue weighted by molar-refractivity contribution is 0.0956. The summed E-state index contributed by atoms with van der Waals surface area (Å²) in [7, 11) is 0. The Bertz CT molecular complexity index is 983. The molecule has 1 heterocycles. The Kier molecular flexibility index (Phi) is 4.58. The number of hydrogen-bond acceptors (Lipinski definition) is 5. The summed E-state index contributed by atoms with van der Waals surface area (Å²) in [5.74, 6) is 0.595. The van der Waals surface area contributed by atoms with Crippen LogP contribution in [0.4, 0.5) is 5.69 Å². The van der Waals surface area contributed by atoms with E-state index in [1.807, 2.05) is 6.07 Å². The first kappa shape index (κ1) is 16.0. The van der Waals surface area contributed by atoms with Gasteiger partial charge in [0.2, 0.25) is 0 Å². The van der Waals surface area contributed by atoms with Gasteiger partial charge in [-0.05, 0) is 36.4 Å². The summed E-state index contributed by atoms with van der Waals surface area (Å²) in [6.07, 6.45) is 1.38. The fourth-order valence-electron chi connectivity index (χ4n) is 2.28. The summed E-state index contributed by atoms with van der Waals surface area (Å²) in [5, 5.41) is 13.0. The first-order chi connectivity index (χ1) is 12.2.